The summed E-state index contributed by atoms with van der Waals surface area (Å²) in [6, 6.07) is 3.96. The summed E-state index contributed by atoms with van der Waals surface area (Å²) in [5, 5.41) is 17.2. The minimum Gasteiger partial charge on any atom is -0.491 e. The van der Waals surface area contributed by atoms with Gasteiger partial charge in [-0.15, -0.1) is 0 Å². The van der Waals surface area contributed by atoms with Crippen LogP contribution in [0.2, 0.25) is 0 Å². The Bertz CT molecular complexity index is 276. The molecule has 0 heterocycles. The maximum atomic E-state index is 12.8. The summed E-state index contributed by atoms with van der Waals surface area (Å²) in [6.07, 6.45) is 0. The molecule has 0 saturated heterocycles. The molecule has 1 aromatic rings. The number of benzene rings is 1. The van der Waals surface area contributed by atoms with Gasteiger partial charge in [0.05, 0.1) is 13.2 Å². The van der Waals surface area contributed by atoms with Gasteiger partial charge in [0.1, 0.15) is 18.2 Å². The van der Waals surface area contributed by atoms with Crippen LogP contribution in [0.3, 0.4) is 0 Å². The van der Waals surface area contributed by atoms with Crippen molar-refractivity contribution in [1.82, 2.24) is 0 Å². The molecule has 0 aliphatic carbocycles. The molecule has 0 aromatic heterocycles. The lowest BCUT2D eigenvalue weighted by atomic mass is 10.2. The van der Waals surface area contributed by atoms with Gasteiger partial charge >= 0.3 is 0 Å². The Morgan fingerprint density at radius 1 is 1.23 bits per heavy atom. The summed E-state index contributed by atoms with van der Waals surface area (Å²) in [5.41, 5.74) is 0.452. The quantitative estimate of drug-likeness (QED) is 0.727. The second-order valence-corrected chi connectivity index (χ2v) is 2.53. The van der Waals surface area contributed by atoms with Crippen LogP contribution in [0.5, 0.6) is 5.75 Å². The number of hydrogen-bond donors (Lipinski definition) is 2. The van der Waals surface area contributed by atoms with E-state index in [1.165, 1.54) is 18.2 Å². The molecule has 0 spiro atoms. The van der Waals surface area contributed by atoms with Crippen molar-refractivity contribution >= 4 is 0 Å². The van der Waals surface area contributed by atoms with Crippen LogP contribution in [0.1, 0.15) is 5.56 Å². The fourth-order valence-corrected chi connectivity index (χ4v) is 0.959. The highest BCUT2D eigenvalue weighted by molar-refractivity contribution is 5.29. The highest BCUT2D eigenvalue weighted by Crippen LogP contribution is 2.16. The fourth-order valence-electron chi connectivity index (χ4n) is 0.959. The van der Waals surface area contributed by atoms with Gasteiger partial charge in [-0.1, -0.05) is 0 Å². The Hall–Kier alpha value is -1.13. The summed E-state index contributed by atoms with van der Waals surface area (Å²) < 4.78 is 17.8. The second-order valence-electron chi connectivity index (χ2n) is 2.53. The molecular formula is C9H11FO3. The van der Waals surface area contributed by atoms with Crippen molar-refractivity contribution in [1.29, 1.82) is 0 Å². The average Bonchev–Trinajstić information content (AvgIpc) is 2.14. The van der Waals surface area contributed by atoms with Gasteiger partial charge in [0.2, 0.25) is 0 Å². The molecular weight excluding hydrogens is 175 g/mol. The average molecular weight is 186 g/mol. The third-order valence-electron chi connectivity index (χ3n) is 1.47. The summed E-state index contributed by atoms with van der Waals surface area (Å²) in [4.78, 5) is 0. The first-order valence-electron chi connectivity index (χ1n) is 3.90. The van der Waals surface area contributed by atoms with Gasteiger partial charge in [-0.05, 0) is 17.7 Å². The number of ether oxygens (including phenoxy) is 1. The van der Waals surface area contributed by atoms with Gasteiger partial charge < -0.3 is 14.9 Å². The molecule has 72 valence electrons. The first-order valence-corrected chi connectivity index (χ1v) is 3.90. The van der Waals surface area contributed by atoms with Crippen molar-refractivity contribution in [3.63, 3.8) is 0 Å². The Balaban J connectivity index is 2.76. The van der Waals surface area contributed by atoms with Gasteiger partial charge in [0.15, 0.2) is 0 Å². The van der Waals surface area contributed by atoms with Gasteiger partial charge in [-0.25, -0.2) is 4.39 Å². The SMILES string of the molecule is OCCOc1cc(F)cc(CO)c1. The molecule has 1 aromatic carbocycles. The van der Waals surface area contributed by atoms with E-state index in [-0.39, 0.29) is 19.8 Å². The van der Waals surface area contributed by atoms with Crippen LogP contribution < -0.4 is 4.74 Å². The minimum atomic E-state index is -0.459. The zero-order chi connectivity index (χ0) is 9.68. The van der Waals surface area contributed by atoms with Crippen molar-refractivity contribution in [2.75, 3.05) is 13.2 Å². The van der Waals surface area contributed by atoms with Crippen molar-refractivity contribution < 1.29 is 19.3 Å². The number of aliphatic hydroxyl groups excluding tert-OH is 2. The Morgan fingerprint density at radius 2 is 2.00 bits per heavy atom. The van der Waals surface area contributed by atoms with Crippen LogP contribution in [-0.4, -0.2) is 23.4 Å². The zero-order valence-corrected chi connectivity index (χ0v) is 7.03. The predicted molar refractivity (Wildman–Crippen MR) is 44.9 cm³/mol. The molecule has 3 nitrogen and oxygen atoms in total. The van der Waals surface area contributed by atoms with Crippen LogP contribution in [-0.2, 0) is 6.61 Å². The molecule has 0 bridgehead atoms. The molecule has 0 aliphatic rings. The van der Waals surface area contributed by atoms with E-state index in [0.717, 1.165) is 0 Å². The molecule has 0 atom stereocenters. The number of hydrogen-bond acceptors (Lipinski definition) is 3. The number of rotatable bonds is 4. The zero-order valence-electron chi connectivity index (χ0n) is 7.03. The van der Waals surface area contributed by atoms with Crippen LogP contribution in [0.4, 0.5) is 4.39 Å². The molecule has 0 aliphatic heterocycles. The van der Waals surface area contributed by atoms with Crippen molar-refractivity contribution in [3.8, 4) is 5.75 Å². The molecule has 0 saturated carbocycles. The summed E-state index contributed by atoms with van der Waals surface area (Å²) in [7, 11) is 0. The maximum Gasteiger partial charge on any atom is 0.127 e. The Kier molecular flexibility index (Phi) is 3.67. The minimum absolute atomic E-state index is 0.119. The standard InChI is InChI=1S/C9H11FO3/c10-8-3-7(6-12)4-9(5-8)13-2-1-11/h3-5,11-12H,1-2,6H2. The third-order valence-corrected chi connectivity index (χ3v) is 1.47. The van der Waals surface area contributed by atoms with Crippen molar-refractivity contribution in [3.05, 3.63) is 29.6 Å². The monoisotopic (exact) mass is 186 g/mol. The molecule has 1 rings (SSSR count). The molecule has 2 N–H and O–H groups in total. The van der Waals surface area contributed by atoms with E-state index in [1.54, 1.807) is 0 Å². The normalized spacial score (nSPS) is 10.1. The van der Waals surface area contributed by atoms with E-state index in [2.05, 4.69) is 0 Å². The lowest BCUT2D eigenvalue weighted by Crippen LogP contribution is -2.02. The first-order chi connectivity index (χ1) is 6.26. The van der Waals surface area contributed by atoms with Crippen LogP contribution in [0.25, 0.3) is 0 Å². The van der Waals surface area contributed by atoms with E-state index in [9.17, 15) is 4.39 Å². The Labute approximate surface area is 75.4 Å². The topological polar surface area (TPSA) is 49.7 Å². The molecule has 0 radical (unpaired) electrons. The maximum absolute atomic E-state index is 12.8. The molecule has 0 amide bonds. The Morgan fingerprint density at radius 3 is 2.62 bits per heavy atom. The summed E-state index contributed by atoms with van der Waals surface area (Å²) in [5.74, 6) is -0.141. The molecule has 0 unspecified atom stereocenters. The predicted octanol–water partition coefficient (Wildman–Crippen LogP) is 0.689. The van der Waals surface area contributed by atoms with Crippen LogP contribution in [0, 0.1) is 5.82 Å². The molecule has 0 fully saturated rings. The van der Waals surface area contributed by atoms with E-state index < -0.39 is 5.82 Å². The van der Waals surface area contributed by atoms with Crippen LogP contribution >= 0.6 is 0 Å². The largest absolute Gasteiger partial charge is 0.491 e. The van der Waals surface area contributed by atoms with Gasteiger partial charge in [0, 0.05) is 6.07 Å². The van der Waals surface area contributed by atoms with Gasteiger partial charge in [-0.3, -0.25) is 0 Å². The van der Waals surface area contributed by atoms with Gasteiger partial charge in [-0.2, -0.15) is 0 Å². The third kappa shape index (κ3) is 3.01. The van der Waals surface area contributed by atoms with Crippen molar-refractivity contribution in [2.24, 2.45) is 0 Å². The summed E-state index contributed by atoms with van der Waals surface area (Å²) >= 11 is 0. The first kappa shape index (κ1) is 9.95. The van der Waals surface area contributed by atoms with Crippen molar-refractivity contribution in [2.45, 2.75) is 6.61 Å². The van der Waals surface area contributed by atoms with E-state index in [0.29, 0.717) is 11.3 Å². The van der Waals surface area contributed by atoms with E-state index in [4.69, 9.17) is 14.9 Å². The van der Waals surface area contributed by atoms with Gasteiger partial charge in [0.25, 0.3) is 0 Å². The highest BCUT2D eigenvalue weighted by atomic mass is 19.1. The second kappa shape index (κ2) is 4.79. The lowest BCUT2D eigenvalue weighted by Gasteiger charge is -2.05. The highest BCUT2D eigenvalue weighted by Gasteiger charge is 2.00. The lowest BCUT2D eigenvalue weighted by molar-refractivity contribution is 0.200. The number of halogens is 1. The summed E-state index contributed by atoms with van der Waals surface area (Å²) in [6.45, 7) is -0.230. The van der Waals surface area contributed by atoms with Crippen LogP contribution in [0.15, 0.2) is 18.2 Å². The fraction of sp³-hybridized carbons (Fsp3) is 0.333. The van der Waals surface area contributed by atoms with E-state index >= 15 is 0 Å². The smallest absolute Gasteiger partial charge is 0.127 e. The molecule has 13 heavy (non-hydrogen) atoms. The molecule has 4 heteroatoms. The number of aliphatic hydroxyl groups is 2. The van der Waals surface area contributed by atoms with E-state index in [1.807, 2.05) is 0 Å².